The molecule has 4 rings (SSSR count). The van der Waals surface area contributed by atoms with E-state index in [4.69, 9.17) is 9.47 Å². The molecule has 0 spiro atoms. The first kappa shape index (κ1) is 17.3. The van der Waals surface area contributed by atoms with Crippen LogP contribution < -0.4 is 10.1 Å². The fourth-order valence-electron chi connectivity index (χ4n) is 3.71. The molecule has 0 fully saturated rings. The smallest absolute Gasteiger partial charge is 0.327 e. The van der Waals surface area contributed by atoms with Gasteiger partial charge in [-0.3, -0.25) is 9.59 Å². The second-order valence-electron chi connectivity index (χ2n) is 6.66. The van der Waals surface area contributed by atoms with E-state index in [1.807, 2.05) is 31.2 Å². The molecule has 0 unspecified atom stereocenters. The first-order valence-electron chi connectivity index (χ1n) is 9.02. The van der Waals surface area contributed by atoms with Gasteiger partial charge in [0, 0.05) is 23.5 Å². The van der Waals surface area contributed by atoms with Crippen LogP contribution in [0.2, 0.25) is 0 Å². The van der Waals surface area contributed by atoms with Crippen LogP contribution in [0.25, 0.3) is 6.08 Å². The van der Waals surface area contributed by atoms with Crippen molar-refractivity contribution in [1.82, 2.24) is 9.78 Å². The average molecular weight is 367 g/mol. The number of esters is 1. The number of rotatable bonds is 4. The molecule has 1 aromatic heterocycles. The Hall–Kier alpha value is -3.09. The molecule has 1 aromatic carbocycles. The number of aryl methyl sites for hydroxylation is 1. The highest BCUT2D eigenvalue weighted by atomic mass is 16.5. The zero-order valence-electron chi connectivity index (χ0n) is 15.3. The SMILES string of the molecule is CCOC(=O)Cn1nc(C)c2c1NC(=O)C[C@H]2C1=Cc2ccccc2OC1. The van der Waals surface area contributed by atoms with E-state index < -0.39 is 0 Å². The van der Waals surface area contributed by atoms with Gasteiger partial charge in [-0.05, 0) is 31.6 Å². The Morgan fingerprint density at radius 1 is 1.41 bits per heavy atom. The number of aromatic nitrogens is 2. The van der Waals surface area contributed by atoms with Crippen LogP contribution in [0.15, 0.2) is 29.8 Å². The highest BCUT2D eigenvalue weighted by molar-refractivity contribution is 5.95. The van der Waals surface area contributed by atoms with Crippen LogP contribution in [-0.4, -0.2) is 34.9 Å². The minimum absolute atomic E-state index is 0.0323. The maximum atomic E-state index is 12.4. The molecule has 140 valence electrons. The van der Waals surface area contributed by atoms with Crippen molar-refractivity contribution < 1.29 is 19.1 Å². The summed E-state index contributed by atoms with van der Waals surface area (Å²) < 4.78 is 12.4. The highest BCUT2D eigenvalue weighted by Crippen LogP contribution is 2.42. The number of carbonyl (C=O) groups is 2. The number of carbonyl (C=O) groups excluding carboxylic acids is 2. The minimum Gasteiger partial charge on any atom is -0.489 e. The number of benzene rings is 1. The molecule has 0 aliphatic carbocycles. The molecule has 0 saturated heterocycles. The summed E-state index contributed by atoms with van der Waals surface area (Å²) in [5.74, 6) is 0.807. The molecule has 1 amide bonds. The number of nitrogens with zero attached hydrogens (tertiary/aromatic N) is 2. The first-order valence-corrected chi connectivity index (χ1v) is 9.02. The molecule has 0 bridgehead atoms. The third-order valence-corrected chi connectivity index (χ3v) is 4.86. The fourth-order valence-corrected chi connectivity index (χ4v) is 3.71. The lowest BCUT2D eigenvalue weighted by atomic mass is 9.84. The van der Waals surface area contributed by atoms with E-state index in [1.54, 1.807) is 6.92 Å². The molecule has 0 saturated carbocycles. The lowest BCUT2D eigenvalue weighted by Crippen LogP contribution is -2.28. The quantitative estimate of drug-likeness (QED) is 0.840. The fraction of sp³-hybridized carbons (Fsp3) is 0.350. The second-order valence-corrected chi connectivity index (χ2v) is 6.66. The third-order valence-electron chi connectivity index (χ3n) is 4.86. The standard InChI is InChI=1S/C20H21N3O4/c1-3-26-18(25)10-23-20-19(12(2)22-23)15(9-17(24)21-20)14-8-13-6-4-5-7-16(13)27-11-14/h4-8,15H,3,9-11H2,1-2H3,(H,21,24)/t15-/m0/s1. The molecule has 2 aliphatic heterocycles. The van der Waals surface area contributed by atoms with Crippen molar-refractivity contribution in [3.05, 3.63) is 46.7 Å². The van der Waals surface area contributed by atoms with E-state index in [1.165, 1.54) is 4.68 Å². The molecular formula is C20H21N3O4. The van der Waals surface area contributed by atoms with Crippen molar-refractivity contribution in [2.45, 2.75) is 32.7 Å². The Bertz CT molecular complexity index is 945. The van der Waals surface area contributed by atoms with E-state index in [-0.39, 0.29) is 24.3 Å². The van der Waals surface area contributed by atoms with Gasteiger partial charge in [-0.15, -0.1) is 0 Å². The molecular weight excluding hydrogens is 346 g/mol. The van der Waals surface area contributed by atoms with Crippen LogP contribution in [0.4, 0.5) is 5.82 Å². The van der Waals surface area contributed by atoms with Gasteiger partial charge in [-0.2, -0.15) is 5.10 Å². The van der Waals surface area contributed by atoms with E-state index in [9.17, 15) is 9.59 Å². The Balaban J connectivity index is 1.72. The number of hydrogen-bond acceptors (Lipinski definition) is 5. The van der Waals surface area contributed by atoms with Crippen LogP contribution in [0.1, 0.15) is 36.1 Å². The molecule has 2 aromatic rings. The number of ether oxygens (including phenoxy) is 2. The normalized spacial score (nSPS) is 17.9. The molecule has 27 heavy (non-hydrogen) atoms. The van der Waals surface area contributed by atoms with Crippen molar-refractivity contribution in [2.75, 3.05) is 18.5 Å². The average Bonchev–Trinajstić information content (AvgIpc) is 2.96. The van der Waals surface area contributed by atoms with Gasteiger partial charge in [-0.25, -0.2) is 4.68 Å². The van der Waals surface area contributed by atoms with Gasteiger partial charge < -0.3 is 14.8 Å². The van der Waals surface area contributed by atoms with Crippen molar-refractivity contribution in [2.24, 2.45) is 0 Å². The molecule has 3 heterocycles. The predicted octanol–water partition coefficient (Wildman–Crippen LogP) is 2.66. The number of para-hydroxylation sites is 1. The molecule has 1 N–H and O–H groups in total. The summed E-state index contributed by atoms with van der Waals surface area (Å²) in [5, 5.41) is 7.34. The van der Waals surface area contributed by atoms with Gasteiger partial charge in [-0.1, -0.05) is 18.2 Å². The Morgan fingerprint density at radius 2 is 2.22 bits per heavy atom. The van der Waals surface area contributed by atoms with E-state index in [0.717, 1.165) is 28.1 Å². The minimum atomic E-state index is -0.381. The Labute approximate surface area is 157 Å². The highest BCUT2D eigenvalue weighted by Gasteiger charge is 2.34. The first-order chi connectivity index (χ1) is 13.1. The monoisotopic (exact) mass is 367 g/mol. The van der Waals surface area contributed by atoms with Gasteiger partial charge in [0.25, 0.3) is 0 Å². The second kappa shape index (κ2) is 6.90. The van der Waals surface area contributed by atoms with E-state index in [2.05, 4.69) is 16.5 Å². The number of hydrogen-bond donors (Lipinski definition) is 1. The van der Waals surface area contributed by atoms with Crippen molar-refractivity contribution in [1.29, 1.82) is 0 Å². The zero-order valence-corrected chi connectivity index (χ0v) is 15.3. The number of amides is 1. The van der Waals surface area contributed by atoms with Crippen LogP contribution in [0.3, 0.4) is 0 Å². The van der Waals surface area contributed by atoms with Crippen LogP contribution in [-0.2, 0) is 20.9 Å². The summed E-state index contributed by atoms with van der Waals surface area (Å²) in [5.41, 5.74) is 3.76. The molecule has 0 radical (unpaired) electrons. The summed E-state index contributed by atoms with van der Waals surface area (Å²) in [6.45, 7) is 4.35. The number of fused-ring (bicyclic) bond motifs is 2. The Kier molecular flexibility index (Phi) is 4.43. The van der Waals surface area contributed by atoms with Crippen LogP contribution in [0, 0.1) is 6.92 Å². The summed E-state index contributed by atoms with van der Waals surface area (Å²) in [6, 6.07) is 7.83. The molecule has 1 atom stereocenters. The maximum absolute atomic E-state index is 12.4. The number of nitrogens with one attached hydrogen (secondary N) is 1. The maximum Gasteiger partial charge on any atom is 0.327 e. The molecule has 2 aliphatic rings. The lowest BCUT2D eigenvalue weighted by molar-refractivity contribution is -0.144. The van der Waals surface area contributed by atoms with Crippen molar-refractivity contribution >= 4 is 23.8 Å². The van der Waals surface area contributed by atoms with Gasteiger partial charge in [0.15, 0.2) is 0 Å². The van der Waals surface area contributed by atoms with Crippen LogP contribution in [0.5, 0.6) is 5.75 Å². The van der Waals surface area contributed by atoms with Gasteiger partial charge in [0.2, 0.25) is 5.91 Å². The topological polar surface area (TPSA) is 82.5 Å². The van der Waals surface area contributed by atoms with Gasteiger partial charge in [0.05, 0.1) is 12.3 Å². The summed E-state index contributed by atoms with van der Waals surface area (Å²) in [6.07, 6.45) is 2.42. The van der Waals surface area contributed by atoms with E-state index >= 15 is 0 Å². The molecule has 7 heteroatoms. The number of anilines is 1. The summed E-state index contributed by atoms with van der Waals surface area (Å²) in [7, 11) is 0. The van der Waals surface area contributed by atoms with Crippen molar-refractivity contribution in [3.63, 3.8) is 0 Å². The van der Waals surface area contributed by atoms with Crippen LogP contribution >= 0.6 is 0 Å². The Morgan fingerprint density at radius 3 is 3.04 bits per heavy atom. The van der Waals surface area contributed by atoms with Crippen molar-refractivity contribution in [3.8, 4) is 5.75 Å². The molecule has 7 nitrogen and oxygen atoms in total. The lowest BCUT2D eigenvalue weighted by Gasteiger charge is -2.28. The third kappa shape index (κ3) is 3.20. The summed E-state index contributed by atoms with van der Waals surface area (Å²) in [4.78, 5) is 24.2. The predicted molar refractivity (Wildman–Crippen MR) is 99.5 cm³/mol. The largest absolute Gasteiger partial charge is 0.489 e. The van der Waals surface area contributed by atoms with Gasteiger partial charge >= 0.3 is 5.97 Å². The zero-order chi connectivity index (χ0) is 19.0. The summed E-state index contributed by atoms with van der Waals surface area (Å²) >= 11 is 0. The van der Waals surface area contributed by atoms with Gasteiger partial charge in [0.1, 0.15) is 24.7 Å². The van der Waals surface area contributed by atoms with E-state index in [0.29, 0.717) is 25.5 Å².